The van der Waals surface area contributed by atoms with E-state index in [2.05, 4.69) is 38.0 Å². The first-order chi connectivity index (χ1) is 11.9. The molecule has 0 radical (unpaired) electrons. The summed E-state index contributed by atoms with van der Waals surface area (Å²) in [6.45, 7) is 13.6. The fourth-order valence-electron chi connectivity index (χ4n) is 5.44. The van der Waals surface area contributed by atoms with Crippen molar-refractivity contribution in [3.05, 3.63) is 12.7 Å². The van der Waals surface area contributed by atoms with Crippen molar-refractivity contribution >= 4 is 0 Å². The van der Waals surface area contributed by atoms with E-state index in [0.717, 1.165) is 19.5 Å². The highest BCUT2D eigenvalue weighted by Gasteiger charge is 2.54. The van der Waals surface area contributed by atoms with Crippen LogP contribution in [0.3, 0.4) is 0 Å². The molecule has 4 aliphatic rings. The molecule has 4 fully saturated rings. The molecule has 5 nitrogen and oxygen atoms in total. The Kier molecular flexibility index (Phi) is 5.25. The molecule has 24 heavy (non-hydrogen) atoms. The van der Waals surface area contributed by atoms with Gasteiger partial charge in [-0.05, 0) is 45.1 Å². The van der Waals surface area contributed by atoms with Crippen molar-refractivity contribution in [3.8, 4) is 0 Å². The van der Waals surface area contributed by atoms with Gasteiger partial charge in [0.1, 0.15) is 5.79 Å². The average molecular weight is 334 g/mol. The topological polar surface area (TPSA) is 33.8 Å². The molecule has 0 aromatic heterocycles. The zero-order valence-electron chi connectivity index (χ0n) is 15.2. The molecule has 0 aromatic carbocycles. The molecule has 0 spiro atoms. The zero-order valence-corrected chi connectivity index (χ0v) is 15.2. The summed E-state index contributed by atoms with van der Waals surface area (Å²) in [6, 6.07) is 1.21. The van der Waals surface area contributed by atoms with Gasteiger partial charge in [0.25, 0.3) is 0 Å². The van der Waals surface area contributed by atoms with Gasteiger partial charge in [-0.2, -0.15) is 0 Å². The van der Waals surface area contributed by atoms with E-state index in [1.807, 2.05) is 0 Å². The number of hydrogen-bond acceptors (Lipinski definition) is 5. The van der Waals surface area contributed by atoms with Crippen LogP contribution in [0.1, 0.15) is 38.5 Å². The normalized spacial score (nSPS) is 39.7. The smallest absolute Gasteiger partial charge is 0.144 e. The van der Waals surface area contributed by atoms with Crippen molar-refractivity contribution in [1.29, 1.82) is 0 Å². The van der Waals surface area contributed by atoms with Crippen molar-refractivity contribution in [1.82, 2.24) is 25.3 Å². The van der Waals surface area contributed by atoms with E-state index < -0.39 is 0 Å². The SMILES string of the molecule is C=CCC1CNCCN1C1CCCNC1(N1CCCC1)N1CCC1. The van der Waals surface area contributed by atoms with Crippen LogP contribution in [0, 0.1) is 0 Å². The Bertz CT molecular complexity index is 431. The molecule has 4 heterocycles. The number of hydrogen-bond donors (Lipinski definition) is 2. The Balaban J connectivity index is 1.65. The predicted molar refractivity (Wildman–Crippen MR) is 98.9 cm³/mol. The number of piperazine rings is 1. The number of piperidine rings is 1. The van der Waals surface area contributed by atoms with Gasteiger partial charge in [0.15, 0.2) is 0 Å². The van der Waals surface area contributed by atoms with E-state index in [9.17, 15) is 0 Å². The highest BCUT2D eigenvalue weighted by Crippen LogP contribution is 2.38. The van der Waals surface area contributed by atoms with Crippen LogP contribution in [0.4, 0.5) is 0 Å². The van der Waals surface area contributed by atoms with E-state index in [4.69, 9.17) is 0 Å². The summed E-state index contributed by atoms with van der Waals surface area (Å²) in [4.78, 5) is 8.39. The quantitative estimate of drug-likeness (QED) is 0.735. The third kappa shape index (κ3) is 2.84. The molecule has 2 N–H and O–H groups in total. The second-order valence-corrected chi connectivity index (χ2v) is 7.97. The number of nitrogens with one attached hydrogen (secondary N) is 2. The minimum absolute atomic E-state index is 0.0871. The summed E-state index contributed by atoms with van der Waals surface area (Å²) in [5.41, 5.74) is 0. The van der Waals surface area contributed by atoms with Gasteiger partial charge in [-0.15, -0.1) is 6.58 Å². The van der Waals surface area contributed by atoms with E-state index in [1.54, 1.807) is 0 Å². The van der Waals surface area contributed by atoms with Crippen molar-refractivity contribution in [2.45, 2.75) is 56.4 Å². The summed E-state index contributed by atoms with van der Waals surface area (Å²) < 4.78 is 0. The Morgan fingerprint density at radius 3 is 2.38 bits per heavy atom. The molecule has 4 saturated heterocycles. The standard InChI is InChI=1S/C19H35N5/c1-2-7-17-16-20-10-15-24(17)18-8-5-9-21-19(18,23-13-6-14-23)22-11-3-4-12-22/h2,17-18,20-21H,1,3-16H2. The predicted octanol–water partition coefficient (Wildman–Crippen LogP) is 1.04. The number of nitrogens with zero attached hydrogens (tertiary/aromatic N) is 3. The fourth-order valence-corrected chi connectivity index (χ4v) is 5.44. The summed E-state index contributed by atoms with van der Waals surface area (Å²) in [7, 11) is 0. The summed E-state index contributed by atoms with van der Waals surface area (Å²) in [5, 5.41) is 7.66. The number of likely N-dealkylation sites (tertiary alicyclic amines) is 2. The first-order valence-corrected chi connectivity index (χ1v) is 10.2. The molecule has 0 amide bonds. The van der Waals surface area contributed by atoms with Crippen molar-refractivity contribution < 1.29 is 0 Å². The van der Waals surface area contributed by atoms with E-state index in [1.165, 1.54) is 71.4 Å². The molecule has 3 atom stereocenters. The van der Waals surface area contributed by atoms with Gasteiger partial charge < -0.3 is 5.32 Å². The Hall–Kier alpha value is -0.460. The van der Waals surface area contributed by atoms with Gasteiger partial charge in [0.05, 0.1) is 6.04 Å². The van der Waals surface area contributed by atoms with Crippen molar-refractivity contribution in [3.63, 3.8) is 0 Å². The van der Waals surface area contributed by atoms with Crippen molar-refractivity contribution in [2.75, 3.05) is 52.4 Å². The minimum atomic E-state index is 0.0871. The molecule has 0 aliphatic carbocycles. The first kappa shape index (κ1) is 17.0. The van der Waals surface area contributed by atoms with Gasteiger partial charge >= 0.3 is 0 Å². The number of rotatable bonds is 5. The molecule has 4 rings (SSSR count). The molecule has 5 heteroatoms. The maximum absolute atomic E-state index is 4.05. The lowest BCUT2D eigenvalue weighted by Crippen LogP contribution is -2.81. The molecule has 0 aromatic rings. The third-order valence-electron chi connectivity index (χ3n) is 6.67. The summed E-state index contributed by atoms with van der Waals surface area (Å²) >= 11 is 0. The first-order valence-electron chi connectivity index (χ1n) is 10.2. The van der Waals surface area contributed by atoms with E-state index in [-0.39, 0.29) is 5.79 Å². The van der Waals surface area contributed by atoms with Crippen LogP contribution in [-0.4, -0.2) is 84.9 Å². The van der Waals surface area contributed by atoms with Gasteiger partial charge in [0, 0.05) is 51.9 Å². The maximum Gasteiger partial charge on any atom is 0.144 e. The highest BCUT2D eigenvalue weighted by atomic mass is 15.6. The second kappa shape index (κ2) is 7.42. The lowest BCUT2D eigenvalue weighted by Gasteiger charge is -2.62. The zero-order chi connectivity index (χ0) is 16.4. The van der Waals surface area contributed by atoms with E-state index in [0.29, 0.717) is 12.1 Å². The second-order valence-electron chi connectivity index (χ2n) is 7.97. The molecule has 4 aliphatic heterocycles. The Morgan fingerprint density at radius 2 is 1.71 bits per heavy atom. The largest absolute Gasteiger partial charge is 0.314 e. The van der Waals surface area contributed by atoms with Crippen LogP contribution < -0.4 is 10.6 Å². The Labute approximate surface area is 147 Å². The summed E-state index contributed by atoms with van der Waals surface area (Å²) in [6.07, 6.45) is 9.93. The van der Waals surface area contributed by atoms with Crippen LogP contribution in [0.25, 0.3) is 0 Å². The molecular weight excluding hydrogens is 298 g/mol. The van der Waals surface area contributed by atoms with Crippen LogP contribution >= 0.6 is 0 Å². The summed E-state index contributed by atoms with van der Waals surface area (Å²) in [5.74, 6) is 0.0871. The van der Waals surface area contributed by atoms with E-state index >= 15 is 0 Å². The monoisotopic (exact) mass is 333 g/mol. The molecule has 0 bridgehead atoms. The third-order valence-corrected chi connectivity index (χ3v) is 6.67. The Morgan fingerprint density at radius 1 is 0.958 bits per heavy atom. The van der Waals surface area contributed by atoms with Gasteiger partial charge in [-0.1, -0.05) is 6.08 Å². The fraction of sp³-hybridized carbons (Fsp3) is 0.895. The molecule has 0 saturated carbocycles. The van der Waals surface area contributed by atoms with Crippen LogP contribution in [0.15, 0.2) is 12.7 Å². The lowest BCUT2D eigenvalue weighted by molar-refractivity contribution is -0.173. The van der Waals surface area contributed by atoms with Gasteiger partial charge in [-0.25, -0.2) is 0 Å². The van der Waals surface area contributed by atoms with Crippen LogP contribution in [0.5, 0.6) is 0 Å². The minimum Gasteiger partial charge on any atom is -0.314 e. The van der Waals surface area contributed by atoms with Crippen molar-refractivity contribution in [2.24, 2.45) is 0 Å². The van der Waals surface area contributed by atoms with Gasteiger partial charge in [-0.3, -0.25) is 20.0 Å². The molecular formula is C19H35N5. The maximum atomic E-state index is 4.05. The van der Waals surface area contributed by atoms with Crippen LogP contribution in [-0.2, 0) is 0 Å². The van der Waals surface area contributed by atoms with Crippen LogP contribution in [0.2, 0.25) is 0 Å². The average Bonchev–Trinajstić information content (AvgIpc) is 3.10. The molecule has 136 valence electrons. The molecule has 3 unspecified atom stereocenters. The lowest BCUT2D eigenvalue weighted by atomic mass is 9.89. The highest BCUT2D eigenvalue weighted by molar-refractivity contribution is 5.07. The van der Waals surface area contributed by atoms with Gasteiger partial charge in [0.2, 0.25) is 0 Å².